The van der Waals surface area contributed by atoms with Crippen LogP contribution in [0.4, 0.5) is 0 Å². The molecule has 2 N–H and O–H groups in total. The number of aromatic nitrogens is 4. The molecule has 0 spiro atoms. The number of carbonyl (C=O) groups is 1. The van der Waals surface area contributed by atoms with Crippen LogP contribution in [-0.2, 0) is 11.2 Å². The fourth-order valence-electron chi connectivity index (χ4n) is 2.10. The number of rotatable bonds is 3. The third kappa shape index (κ3) is 2.33. The molecule has 1 fully saturated rings. The molecule has 1 saturated heterocycles. The van der Waals surface area contributed by atoms with Gasteiger partial charge in [0.25, 0.3) is 0 Å². The van der Waals surface area contributed by atoms with Crippen LogP contribution in [0.25, 0.3) is 4.96 Å². The zero-order valence-corrected chi connectivity index (χ0v) is 11.7. The summed E-state index contributed by atoms with van der Waals surface area (Å²) in [4.78, 5) is 12.5. The smallest absolute Gasteiger partial charge is 0.237 e. The Morgan fingerprint density at radius 2 is 2.26 bits per heavy atom. The Morgan fingerprint density at radius 3 is 3.00 bits per heavy atom. The second-order valence-corrected chi connectivity index (χ2v) is 5.95. The fourth-order valence-corrected chi connectivity index (χ4v) is 2.99. The molecule has 2 aromatic rings. The van der Waals surface area contributed by atoms with Crippen molar-refractivity contribution in [2.75, 3.05) is 13.1 Å². The van der Waals surface area contributed by atoms with Gasteiger partial charge in [-0.15, -0.1) is 10.2 Å². The molecule has 0 saturated carbocycles. The Bertz CT molecular complexity index is 603. The number of carbonyl (C=O) groups excluding carboxylic acids is 1. The molecule has 7 nitrogen and oxygen atoms in total. The molecule has 0 bridgehead atoms. The highest BCUT2D eigenvalue weighted by Gasteiger charge is 2.24. The third-order valence-corrected chi connectivity index (χ3v) is 4.00. The molecule has 8 heteroatoms. The SMILES string of the molecule is CC(C)c1nnc2sc(CC3NCCNC3=O)nn12. The standard InChI is InChI=1S/C11H16N6OS/c1-6(2)9-14-15-11-17(9)16-8(19-11)5-7-10(18)13-4-3-12-7/h6-7,12H,3-5H2,1-2H3,(H,13,18). The van der Waals surface area contributed by atoms with Gasteiger partial charge in [-0.3, -0.25) is 4.79 Å². The van der Waals surface area contributed by atoms with Crippen LogP contribution in [0, 0.1) is 0 Å². The van der Waals surface area contributed by atoms with Crippen molar-refractivity contribution in [3.63, 3.8) is 0 Å². The minimum atomic E-state index is -0.194. The minimum absolute atomic E-state index is 0.0429. The van der Waals surface area contributed by atoms with Crippen LogP contribution in [0.3, 0.4) is 0 Å². The van der Waals surface area contributed by atoms with E-state index in [4.69, 9.17) is 0 Å². The number of nitrogens with one attached hydrogen (secondary N) is 2. The summed E-state index contributed by atoms with van der Waals surface area (Å²) in [5.41, 5.74) is 0. The molecule has 1 aliphatic rings. The van der Waals surface area contributed by atoms with E-state index in [0.29, 0.717) is 13.0 Å². The van der Waals surface area contributed by atoms with Gasteiger partial charge >= 0.3 is 0 Å². The Hall–Kier alpha value is -1.54. The molecule has 0 radical (unpaired) electrons. The van der Waals surface area contributed by atoms with Gasteiger partial charge in [0.15, 0.2) is 5.82 Å². The molecule has 0 aliphatic carbocycles. The zero-order chi connectivity index (χ0) is 13.4. The number of amides is 1. The quantitative estimate of drug-likeness (QED) is 0.823. The van der Waals surface area contributed by atoms with Gasteiger partial charge in [-0.1, -0.05) is 25.2 Å². The van der Waals surface area contributed by atoms with Crippen molar-refractivity contribution in [1.29, 1.82) is 0 Å². The molecule has 0 aromatic carbocycles. The van der Waals surface area contributed by atoms with E-state index in [2.05, 4.69) is 39.8 Å². The van der Waals surface area contributed by atoms with E-state index in [1.807, 2.05) is 0 Å². The second kappa shape index (κ2) is 4.86. The van der Waals surface area contributed by atoms with Gasteiger partial charge in [0.05, 0.1) is 6.04 Å². The van der Waals surface area contributed by atoms with Crippen molar-refractivity contribution in [3.05, 3.63) is 10.8 Å². The van der Waals surface area contributed by atoms with Crippen LogP contribution in [0.15, 0.2) is 0 Å². The normalized spacial score (nSPS) is 20.2. The lowest BCUT2D eigenvalue weighted by atomic mass is 10.1. The molecule has 1 aliphatic heterocycles. The number of nitrogens with zero attached hydrogens (tertiary/aromatic N) is 4. The van der Waals surface area contributed by atoms with Gasteiger partial charge in [0, 0.05) is 25.4 Å². The Morgan fingerprint density at radius 1 is 1.42 bits per heavy atom. The maximum atomic E-state index is 11.7. The largest absolute Gasteiger partial charge is 0.353 e. The van der Waals surface area contributed by atoms with E-state index in [0.717, 1.165) is 22.3 Å². The number of hydrogen-bond acceptors (Lipinski definition) is 6. The topological polar surface area (TPSA) is 84.2 Å². The average molecular weight is 280 g/mol. The van der Waals surface area contributed by atoms with Crippen LogP contribution in [-0.4, -0.2) is 44.8 Å². The Balaban J connectivity index is 1.83. The van der Waals surface area contributed by atoms with E-state index in [-0.39, 0.29) is 17.9 Å². The highest BCUT2D eigenvalue weighted by atomic mass is 32.1. The highest BCUT2D eigenvalue weighted by Crippen LogP contribution is 2.19. The first-order chi connectivity index (χ1) is 9.15. The van der Waals surface area contributed by atoms with E-state index in [9.17, 15) is 4.79 Å². The van der Waals surface area contributed by atoms with Gasteiger partial charge in [-0.25, -0.2) is 0 Å². The molecule has 1 amide bonds. The lowest BCUT2D eigenvalue weighted by Crippen LogP contribution is -2.53. The van der Waals surface area contributed by atoms with E-state index < -0.39 is 0 Å². The molecule has 102 valence electrons. The van der Waals surface area contributed by atoms with E-state index in [1.165, 1.54) is 11.3 Å². The van der Waals surface area contributed by atoms with Crippen LogP contribution in [0.5, 0.6) is 0 Å². The monoisotopic (exact) mass is 280 g/mol. The number of fused-ring (bicyclic) bond motifs is 1. The maximum Gasteiger partial charge on any atom is 0.237 e. The highest BCUT2D eigenvalue weighted by molar-refractivity contribution is 7.16. The average Bonchev–Trinajstić information content (AvgIpc) is 2.91. The predicted octanol–water partition coefficient (Wildman–Crippen LogP) is -0.0603. The van der Waals surface area contributed by atoms with Crippen LogP contribution in [0.1, 0.15) is 30.6 Å². The first kappa shape index (κ1) is 12.5. The lowest BCUT2D eigenvalue weighted by molar-refractivity contribution is -0.124. The third-order valence-electron chi connectivity index (χ3n) is 3.08. The summed E-state index contributed by atoms with van der Waals surface area (Å²) in [6.45, 7) is 5.62. The summed E-state index contributed by atoms with van der Waals surface area (Å²) >= 11 is 1.49. The second-order valence-electron chi connectivity index (χ2n) is 4.90. The van der Waals surface area contributed by atoms with Crippen molar-refractivity contribution in [2.24, 2.45) is 0 Å². The maximum absolute atomic E-state index is 11.7. The van der Waals surface area contributed by atoms with Crippen LogP contribution in [0.2, 0.25) is 0 Å². The van der Waals surface area contributed by atoms with Gasteiger partial charge < -0.3 is 10.6 Å². The minimum Gasteiger partial charge on any atom is -0.353 e. The van der Waals surface area contributed by atoms with Crippen molar-refractivity contribution in [1.82, 2.24) is 30.4 Å². The van der Waals surface area contributed by atoms with Crippen molar-refractivity contribution in [3.8, 4) is 0 Å². The molecule has 3 rings (SSSR count). The summed E-state index contributed by atoms with van der Waals surface area (Å²) in [6.07, 6.45) is 0.595. The zero-order valence-electron chi connectivity index (χ0n) is 10.9. The summed E-state index contributed by atoms with van der Waals surface area (Å²) in [5.74, 6) is 1.18. The first-order valence-electron chi connectivity index (χ1n) is 6.37. The summed E-state index contributed by atoms with van der Waals surface area (Å²) < 4.78 is 1.78. The molecular formula is C11H16N6OS. The van der Waals surface area contributed by atoms with Gasteiger partial charge in [0.2, 0.25) is 10.9 Å². The number of piperazine rings is 1. The molecule has 2 aromatic heterocycles. The summed E-state index contributed by atoms with van der Waals surface area (Å²) in [6, 6.07) is -0.194. The van der Waals surface area contributed by atoms with E-state index >= 15 is 0 Å². The van der Waals surface area contributed by atoms with Crippen LogP contribution >= 0.6 is 11.3 Å². The number of hydrogen-bond donors (Lipinski definition) is 2. The Labute approximate surface area is 114 Å². The molecular weight excluding hydrogens is 264 g/mol. The molecule has 3 heterocycles. The van der Waals surface area contributed by atoms with Gasteiger partial charge in [-0.05, 0) is 0 Å². The Kier molecular flexibility index (Phi) is 3.19. The fraction of sp³-hybridized carbons (Fsp3) is 0.636. The first-order valence-corrected chi connectivity index (χ1v) is 7.19. The molecule has 1 atom stereocenters. The summed E-state index contributed by atoms with van der Waals surface area (Å²) in [5, 5.41) is 19.7. The molecule has 19 heavy (non-hydrogen) atoms. The van der Waals surface area contributed by atoms with Gasteiger partial charge in [0.1, 0.15) is 5.01 Å². The van der Waals surface area contributed by atoms with Crippen molar-refractivity contribution < 1.29 is 4.79 Å². The summed E-state index contributed by atoms with van der Waals surface area (Å²) in [7, 11) is 0. The van der Waals surface area contributed by atoms with Crippen molar-refractivity contribution in [2.45, 2.75) is 32.2 Å². The van der Waals surface area contributed by atoms with Crippen LogP contribution < -0.4 is 10.6 Å². The van der Waals surface area contributed by atoms with E-state index in [1.54, 1.807) is 4.52 Å². The lowest BCUT2D eigenvalue weighted by Gasteiger charge is -2.22. The van der Waals surface area contributed by atoms with Crippen molar-refractivity contribution >= 4 is 22.2 Å². The van der Waals surface area contributed by atoms with Gasteiger partial charge in [-0.2, -0.15) is 9.61 Å². The predicted molar refractivity (Wildman–Crippen MR) is 71.3 cm³/mol. The molecule has 1 unspecified atom stereocenters.